The van der Waals surface area contributed by atoms with Gasteiger partial charge in [-0.05, 0) is 55.3 Å². The quantitative estimate of drug-likeness (QED) is 0.762. The Balaban J connectivity index is 1.69. The Kier molecular flexibility index (Phi) is 4.05. The van der Waals surface area contributed by atoms with Gasteiger partial charge < -0.3 is 9.47 Å². The summed E-state index contributed by atoms with van der Waals surface area (Å²) in [6.45, 7) is 3.89. The molecule has 1 N–H and O–H groups in total. The molecule has 2 aromatic carbocycles. The second-order valence-corrected chi connectivity index (χ2v) is 7.92. The Morgan fingerprint density at radius 1 is 1.12 bits per heavy atom. The average molecular weight is 370 g/mol. The fourth-order valence-corrected chi connectivity index (χ4v) is 4.50. The number of ether oxygens (including phenoxy) is 2. The van der Waals surface area contributed by atoms with Crippen LogP contribution in [0.2, 0.25) is 0 Å². The van der Waals surface area contributed by atoms with Crippen molar-refractivity contribution in [2.45, 2.75) is 24.8 Å². The van der Waals surface area contributed by atoms with E-state index in [0.717, 1.165) is 11.1 Å². The van der Waals surface area contributed by atoms with Crippen molar-refractivity contribution in [3.05, 3.63) is 59.8 Å². The third kappa shape index (κ3) is 2.89. The predicted octanol–water partition coefficient (Wildman–Crippen LogP) is 3.31. The van der Waals surface area contributed by atoms with Crippen molar-refractivity contribution in [2.24, 2.45) is 0 Å². The summed E-state index contributed by atoms with van der Waals surface area (Å²) < 4.78 is 39.4. The number of hydrogen-bond donors (Lipinski definition) is 1. The fraction of sp³-hybridized carbons (Fsp3) is 0.211. The smallest absolute Gasteiger partial charge is 0.241 e. The fourth-order valence-electron chi connectivity index (χ4n) is 3.07. The third-order valence-electron chi connectivity index (χ3n) is 4.45. The van der Waals surface area contributed by atoms with Crippen LogP contribution < -0.4 is 14.2 Å². The molecular formula is C19H18N2O4S. The van der Waals surface area contributed by atoms with Crippen LogP contribution in [0, 0.1) is 6.92 Å². The lowest BCUT2D eigenvalue weighted by Crippen LogP contribution is -2.27. The predicted molar refractivity (Wildman–Crippen MR) is 97.8 cm³/mol. The molecule has 6 nitrogen and oxygen atoms in total. The van der Waals surface area contributed by atoms with Gasteiger partial charge in [-0.3, -0.25) is 4.98 Å². The van der Waals surface area contributed by atoms with Gasteiger partial charge >= 0.3 is 0 Å². The van der Waals surface area contributed by atoms with Crippen LogP contribution in [0.3, 0.4) is 0 Å². The monoisotopic (exact) mass is 370 g/mol. The van der Waals surface area contributed by atoms with E-state index in [0.29, 0.717) is 22.4 Å². The molecule has 1 aromatic heterocycles. The van der Waals surface area contributed by atoms with E-state index < -0.39 is 16.1 Å². The summed E-state index contributed by atoms with van der Waals surface area (Å²) in [4.78, 5) is 4.53. The molecule has 26 heavy (non-hydrogen) atoms. The SMILES string of the molecule is Cc1ccc(S(=O)(=O)NC(C)c2ccc3c(c2)OCO3)c2cccnc12. The number of pyridine rings is 1. The van der Waals surface area contributed by atoms with Gasteiger partial charge in [-0.1, -0.05) is 12.1 Å². The Labute approximate surface area is 151 Å². The Hall–Kier alpha value is -2.64. The van der Waals surface area contributed by atoms with Gasteiger partial charge in [0.2, 0.25) is 16.8 Å². The van der Waals surface area contributed by atoms with E-state index in [9.17, 15) is 8.42 Å². The zero-order valence-corrected chi connectivity index (χ0v) is 15.2. The van der Waals surface area contributed by atoms with E-state index in [1.807, 2.05) is 13.0 Å². The van der Waals surface area contributed by atoms with Crippen molar-refractivity contribution in [2.75, 3.05) is 6.79 Å². The molecule has 0 bridgehead atoms. The molecule has 0 spiro atoms. The van der Waals surface area contributed by atoms with Crippen LogP contribution in [-0.4, -0.2) is 20.2 Å². The summed E-state index contributed by atoms with van der Waals surface area (Å²) in [5.41, 5.74) is 2.42. The zero-order valence-electron chi connectivity index (χ0n) is 14.4. The van der Waals surface area contributed by atoms with Crippen molar-refractivity contribution in [3.8, 4) is 11.5 Å². The first-order chi connectivity index (χ1) is 12.5. The van der Waals surface area contributed by atoms with Crippen LogP contribution >= 0.6 is 0 Å². The molecule has 7 heteroatoms. The summed E-state index contributed by atoms with van der Waals surface area (Å²) in [7, 11) is -3.73. The molecule has 0 amide bonds. The van der Waals surface area contributed by atoms with Crippen molar-refractivity contribution in [1.29, 1.82) is 0 Å². The highest BCUT2D eigenvalue weighted by atomic mass is 32.2. The lowest BCUT2D eigenvalue weighted by Gasteiger charge is -2.16. The second kappa shape index (κ2) is 6.26. The molecule has 2 heterocycles. The highest BCUT2D eigenvalue weighted by molar-refractivity contribution is 7.89. The van der Waals surface area contributed by atoms with Crippen molar-refractivity contribution < 1.29 is 17.9 Å². The van der Waals surface area contributed by atoms with Crippen LogP contribution in [0.15, 0.2) is 53.6 Å². The molecule has 1 aliphatic heterocycles. The molecular weight excluding hydrogens is 352 g/mol. The van der Waals surface area contributed by atoms with Crippen LogP contribution in [-0.2, 0) is 10.0 Å². The van der Waals surface area contributed by atoms with Crippen LogP contribution in [0.1, 0.15) is 24.1 Å². The van der Waals surface area contributed by atoms with Crippen LogP contribution in [0.5, 0.6) is 11.5 Å². The van der Waals surface area contributed by atoms with Crippen LogP contribution in [0.25, 0.3) is 10.9 Å². The van der Waals surface area contributed by atoms with Gasteiger partial charge in [-0.15, -0.1) is 0 Å². The van der Waals surface area contributed by atoms with E-state index in [2.05, 4.69) is 9.71 Å². The number of nitrogens with one attached hydrogen (secondary N) is 1. The number of sulfonamides is 1. The second-order valence-electron chi connectivity index (χ2n) is 6.24. The standard InChI is InChI=1S/C19H18N2O4S/c1-12-5-8-18(15-4-3-9-20-19(12)15)26(22,23)21-13(2)14-6-7-16-17(10-14)25-11-24-16/h3-10,13,21H,11H2,1-2H3. The van der Waals surface area contributed by atoms with E-state index >= 15 is 0 Å². The van der Waals surface area contributed by atoms with Crippen LogP contribution in [0.4, 0.5) is 0 Å². The molecule has 0 aliphatic carbocycles. The molecule has 0 fully saturated rings. The molecule has 3 aromatic rings. The van der Waals surface area contributed by atoms with Gasteiger partial charge in [0.1, 0.15) is 0 Å². The normalized spacial score (nSPS) is 14.5. The summed E-state index contributed by atoms with van der Waals surface area (Å²) >= 11 is 0. The minimum atomic E-state index is -3.73. The largest absolute Gasteiger partial charge is 0.454 e. The highest BCUT2D eigenvalue weighted by Crippen LogP contribution is 2.34. The summed E-state index contributed by atoms with van der Waals surface area (Å²) in [6.07, 6.45) is 1.66. The third-order valence-corrected chi connectivity index (χ3v) is 6.05. The number of benzene rings is 2. The number of rotatable bonds is 4. The van der Waals surface area contributed by atoms with Gasteiger partial charge in [-0.25, -0.2) is 13.1 Å². The summed E-state index contributed by atoms with van der Waals surface area (Å²) in [5, 5.41) is 0.609. The van der Waals surface area contributed by atoms with Gasteiger partial charge in [0.05, 0.1) is 10.4 Å². The summed E-state index contributed by atoms with van der Waals surface area (Å²) in [6, 6.07) is 11.9. The molecule has 0 saturated carbocycles. The first-order valence-electron chi connectivity index (χ1n) is 8.22. The van der Waals surface area contributed by atoms with Gasteiger partial charge in [0, 0.05) is 17.6 Å². The molecule has 0 radical (unpaired) electrons. The Morgan fingerprint density at radius 2 is 1.92 bits per heavy atom. The summed E-state index contributed by atoms with van der Waals surface area (Å²) in [5.74, 6) is 1.29. The Bertz CT molecular complexity index is 1100. The van der Waals surface area contributed by atoms with E-state index in [1.165, 1.54) is 0 Å². The highest BCUT2D eigenvalue weighted by Gasteiger charge is 2.23. The molecule has 0 saturated heterocycles. The molecule has 134 valence electrons. The van der Waals surface area contributed by atoms with Crippen molar-refractivity contribution >= 4 is 20.9 Å². The first-order valence-corrected chi connectivity index (χ1v) is 9.70. The number of aromatic nitrogens is 1. The van der Waals surface area contributed by atoms with Gasteiger partial charge in [-0.2, -0.15) is 0 Å². The van der Waals surface area contributed by atoms with E-state index in [4.69, 9.17) is 9.47 Å². The molecule has 4 rings (SSSR count). The average Bonchev–Trinajstić information content (AvgIpc) is 3.09. The topological polar surface area (TPSA) is 77.5 Å². The maximum Gasteiger partial charge on any atom is 0.241 e. The van der Waals surface area contributed by atoms with Crippen molar-refractivity contribution in [1.82, 2.24) is 9.71 Å². The van der Waals surface area contributed by atoms with Gasteiger partial charge in [0.15, 0.2) is 11.5 Å². The molecule has 1 atom stereocenters. The minimum Gasteiger partial charge on any atom is -0.454 e. The first kappa shape index (κ1) is 16.8. The molecule has 1 aliphatic rings. The van der Waals surface area contributed by atoms with E-state index in [1.54, 1.807) is 49.5 Å². The number of fused-ring (bicyclic) bond motifs is 2. The Morgan fingerprint density at radius 3 is 2.77 bits per heavy atom. The van der Waals surface area contributed by atoms with E-state index in [-0.39, 0.29) is 11.7 Å². The lowest BCUT2D eigenvalue weighted by atomic mass is 10.1. The van der Waals surface area contributed by atoms with Gasteiger partial charge in [0.25, 0.3) is 0 Å². The number of aryl methyl sites for hydroxylation is 1. The zero-order chi connectivity index (χ0) is 18.3. The minimum absolute atomic E-state index is 0.182. The number of nitrogens with zero attached hydrogens (tertiary/aromatic N) is 1. The number of hydrogen-bond acceptors (Lipinski definition) is 5. The molecule has 1 unspecified atom stereocenters. The lowest BCUT2D eigenvalue weighted by molar-refractivity contribution is 0.174. The van der Waals surface area contributed by atoms with Crippen molar-refractivity contribution in [3.63, 3.8) is 0 Å². The maximum atomic E-state index is 13.0. The maximum absolute atomic E-state index is 13.0.